The first-order valence-electron chi connectivity index (χ1n) is 10.7. The zero-order valence-electron chi connectivity index (χ0n) is 17.6. The molecule has 0 fully saturated rings. The lowest BCUT2D eigenvalue weighted by Crippen LogP contribution is -2.14. The van der Waals surface area contributed by atoms with Crippen LogP contribution in [0.25, 0.3) is 22.3 Å². The van der Waals surface area contributed by atoms with Gasteiger partial charge in [-0.05, 0) is 29.3 Å². The smallest absolute Gasteiger partial charge is 0.127 e. The highest BCUT2D eigenvalue weighted by Gasteiger charge is 2.10. The van der Waals surface area contributed by atoms with Crippen LogP contribution in [0.2, 0.25) is 0 Å². The van der Waals surface area contributed by atoms with Gasteiger partial charge in [0.05, 0.1) is 39.6 Å². The predicted octanol–water partition coefficient (Wildman–Crippen LogP) is 4.84. The summed E-state index contributed by atoms with van der Waals surface area (Å²) in [6.07, 6.45) is 0. The van der Waals surface area contributed by atoms with E-state index < -0.39 is 0 Å². The second-order valence-corrected chi connectivity index (χ2v) is 7.11. The molecule has 0 aromatic heterocycles. The van der Waals surface area contributed by atoms with E-state index in [0.717, 1.165) is 33.8 Å². The Labute approximate surface area is 183 Å². The maximum absolute atomic E-state index is 6.03. The van der Waals surface area contributed by atoms with Crippen molar-refractivity contribution in [1.82, 2.24) is 0 Å². The summed E-state index contributed by atoms with van der Waals surface area (Å²) in [5, 5.41) is 0. The third-order valence-electron chi connectivity index (χ3n) is 4.97. The zero-order chi connectivity index (χ0) is 21.1. The highest BCUT2D eigenvalue weighted by Crippen LogP contribution is 2.35. The molecule has 5 heteroatoms. The standard InChI is InChI=1S/C26H28O5/c1-3-10-25-23(8-1)21-6-5-7-22(20-21)24-9-2-4-11-26(24)31-19-17-29-15-13-27-12-14-28-16-18-30-25/h1-11,20H,12-19H2. The van der Waals surface area contributed by atoms with E-state index in [1.807, 2.05) is 36.4 Å². The third-order valence-corrected chi connectivity index (χ3v) is 4.97. The van der Waals surface area contributed by atoms with Crippen LogP contribution < -0.4 is 9.47 Å². The van der Waals surface area contributed by atoms with Gasteiger partial charge >= 0.3 is 0 Å². The van der Waals surface area contributed by atoms with Gasteiger partial charge in [-0.1, -0.05) is 54.6 Å². The number of hydrogen-bond donors (Lipinski definition) is 0. The first-order chi connectivity index (χ1) is 15.4. The van der Waals surface area contributed by atoms with Crippen molar-refractivity contribution in [3.63, 3.8) is 0 Å². The molecule has 5 nitrogen and oxygen atoms in total. The number of rotatable bonds is 0. The van der Waals surface area contributed by atoms with Crippen LogP contribution >= 0.6 is 0 Å². The molecule has 1 aliphatic rings. The van der Waals surface area contributed by atoms with Gasteiger partial charge < -0.3 is 23.7 Å². The molecule has 0 saturated heterocycles. The van der Waals surface area contributed by atoms with Crippen molar-refractivity contribution in [1.29, 1.82) is 0 Å². The van der Waals surface area contributed by atoms with E-state index in [2.05, 4.69) is 36.4 Å². The Kier molecular flexibility index (Phi) is 7.94. The molecule has 0 amide bonds. The van der Waals surface area contributed by atoms with E-state index in [4.69, 9.17) is 23.7 Å². The second kappa shape index (κ2) is 11.5. The topological polar surface area (TPSA) is 46.2 Å². The number of para-hydroxylation sites is 2. The van der Waals surface area contributed by atoms with E-state index in [9.17, 15) is 0 Å². The van der Waals surface area contributed by atoms with Gasteiger partial charge in [0.1, 0.15) is 24.7 Å². The normalized spacial score (nSPS) is 16.1. The Morgan fingerprint density at radius 1 is 0.419 bits per heavy atom. The van der Waals surface area contributed by atoms with Gasteiger partial charge in [0.25, 0.3) is 0 Å². The summed E-state index contributed by atoms with van der Waals surface area (Å²) in [6, 6.07) is 24.6. The molecule has 3 aromatic carbocycles. The number of ether oxygens (including phenoxy) is 5. The summed E-state index contributed by atoms with van der Waals surface area (Å²) in [5.74, 6) is 1.69. The largest absolute Gasteiger partial charge is 0.491 e. The minimum absolute atomic E-state index is 0.483. The third kappa shape index (κ3) is 6.07. The highest BCUT2D eigenvalue weighted by atomic mass is 16.6. The molecule has 0 spiro atoms. The van der Waals surface area contributed by atoms with Crippen LogP contribution in [0.4, 0.5) is 0 Å². The van der Waals surface area contributed by atoms with Gasteiger partial charge in [0.2, 0.25) is 0 Å². The fourth-order valence-electron chi connectivity index (χ4n) is 3.48. The van der Waals surface area contributed by atoms with Gasteiger partial charge in [-0.25, -0.2) is 0 Å². The van der Waals surface area contributed by atoms with Crippen LogP contribution in [-0.2, 0) is 14.2 Å². The van der Waals surface area contributed by atoms with Crippen molar-refractivity contribution in [3.05, 3.63) is 72.8 Å². The van der Waals surface area contributed by atoms with Crippen LogP contribution in [0.1, 0.15) is 0 Å². The number of fused-ring (bicyclic) bond motifs is 6. The molecule has 0 aliphatic carbocycles. The van der Waals surface area contributed by atoms with Gasteiger partial charge in [0, 0.05) is 11.1 Å². The molecule has 0 unspecified atom stereocenters. The molecule has 0 radical (unpaired) electrons. The van der Waals surface area contributed by atoms with Gasteiger partial charge in [0.15, 0.2) is 0 Å². The molecule has 3 aromatic rings. The van der Waals surface area contributed by atoms with Crippen molar-refractivity contribution in [2.75, 3.05) is 52.9 Å². The molecule has 4 rings (SSSR count). The molecule has 0 atom stereocenters. The molecule has 2 bridgehead atoms. The van der Waals surface area contributed by atoms with Crippen molar-refractivity contribution in [2.45, 2.75) is 0 Å². The molecule has 1 heterocycles. The Bertz CT molecular complexity index is 883. The van der Waals surface area contributed by atoms with E-state index >= 15 is 0 Å². The fraction of sp³-hybridized carbons (Fsp3) is 0.308. The van der Waals surface area contributed by atoms with Gasteiger partial charge in [-0.15, -0.1) is 0 Å². The van der Waals surface area contributed by atoms with Crippen LogP contribution in [0, 0.1) is 0 Å². The first kappa shape index (κ1) is 21.4. The molecular formula is C26H28O5. The van der Waals surface area contributed by atoms with Crippen LogP contribution in [0.3, 0.4) is 0 Å². The molecule has 162 valence electrons. The van der Waals surface area contributed by atoms with Crippen LogP contribution in [0.5, 0.6) is 11.5 Å². The van der Waals surface area contributed by atoms with Crippen molar-refractivity contribution in [3.8, 4) is 33.8 Å². The second-order valence-electron chi connectivity index (χ2n) is 7.11. The van der Waals surface area contributed by atoms with Gasteiger partial charge in [-0.3, -0.25) is 0 Å². The van der Waals surface area contributed by atoms with E-state index in [1.165, 1.54) is 0 Å². The summed E-state index contributed by atoms with van der Waals surface area (Å²) in [5.41, 5.74) is 4.28. The minimum Gasteiger partial charge on any atom is -0.491 e. The van der Waals surface area contributed by atoms with Crippen LogP contribution in [-0.4, -0.2) is 52.9 Å². The lowest BCUT2D eigenvalue weighted by atomic mass is 9.98. The SMILES string of the molecule is c1cc2cc(c1)-c1ccccc1OCCOCCOCCOCCOc1ccccc1-2. The molecule has 0 saturated carbocycles. The highest BCUT2D eigenvalue weighted by molar-refractivity contribution is 5.78. The van der Waals surface area contributed by atoms with E-state index in [1.54, 1.807) is 0 Å². The van der Waals surface area contributed by atoms with E-state index in [-0.39, 0.29) is 0 Å². The first-order valence-corrected chi connectivity index (χ1v) is 10.7. The Morgan fingerprint density at radius 3 is 1.32 bits per heavy atom. The maximum atomic E-state index is 6.03. The fourth-order valence-corrected chi connectivity index (χ4v) is 3.48. The monoisotopic (exact) mass is 420 g/mol. The number of hydrogen-bond acceptors (Lipinski definition) is 5. The Balaban J connectivity index is 1.61. The van der Waals surface area contributed by atoms with Gasteiger partial charge in [-0.2, -0.15) is 0 Å². The van der Waals surface area contributed by atoms with E-state index in [0.29, 0.717) is 52.9 Å². The van der Waals surface area contributed by atoms with Crippen LogP contribution in [0.15, 0.2) is 72.8 Å². The maximum Gasteiger partial charge on any atom is 0.127 e. The average Bonchev–Trinajstić information content (AvgIpc) is 2.82. The lowest BCUT2D eigenvalue weighted by Gasteiger charge is -2.15. The lowest BCUT2D eigenvalue weighted by molar-refractivity contribution is 0.00504. The summed E-state index contributed by atoms with van der Waals surface area (Å²) in [4.78, 5) is 0. The Hall–Kier alpha value is -2.86. The molecular weight excluding hydrogens is 392 g/mol. The quantitative estimate of drug-likeness (QED) is 0.521. The minimum atomic E-state index is 0.483. The summed E-state index contributed by atoms with van der Waals surface area (Å²) < 4.78 is 28.8. The average molecular weight is 421 g/mol. The zero-order valence-corrected chi connectivity index (χ0v) is 17.6. The Morgan fingerprint density at radius 2 is 0.839 bits per heavy atom. The predicted molar refractivity (Wildman–Crippen MR) is 121 cm³/mol. The molecule has 0 N–H and O–H groups in total. The summed E-state index contributed by atoms with van der Waals surface area (Å²) in [7, 11) is 0. The summed E-state index contributed by atoms with van der Waals surface area (Å²) >= 11 is 0. The van der Waals surface area contributed by atoms with Crippen molar-refractivity contribution < 1.29 is 23.7 Å². The molecule has 1 aliphatic heterocycles. The summed E-state index contributed by atoms with van der Waals surface area (Å²) in [6.45, 7) is 4.14. The molecule has 31 heavy (non-hydrogen) atoms. The van der Waals surface area contributed by atoms with Crippen molar-refractivity contribution >= 4 is 0 Å². The van der Waals surface area contributed by atoms with Crippen molar-refractivity contribution in [2.24, 2.45) is 0 Å². The number of benzene rings is 3.